The first kappa shape index (κ1) is 14.3. The second-order valence-electron chi connectivity index (χ2n) is 6.14. The SMILES string of the molecule is CC(=O)NC(C)C(=O)NC1C2CCCC1CC(N)C2. The van der Waals surface area contributed by atoms with Gasteiger partial charge >= 0.3 is 0 Å². The first-order valence-corrected chi connectivity index (χ1v) is 7.30. The maximum atomic E-state index is 12.1. The lowest BCUT2D eigenvalue weighted by Crippen LogP contribution is -2.57. The van der Waals surface area contributed by atoms with Gasteiger partial charge in [0.15, 0.2) is 0 Å². The summed E-state index contributed by atoms with van der Waals surface area (Å²) in [5.41, 5.74) is 6.07. The van der Waals surface area contributed by atoms with E-state index in [4.69, 9.17) is 5.73 Å². The van der Waals surface area contributed by atoms with Crippen LogP contribution in [-0.4, -0.2) is 29.9 Å². The van der Waals surface area contributed by atoms with Crippen LogP contribution in [0.15, 0.2) is 0 Å². The number of nitrogens with one attached hydrogen (secondary N) is 2. The zero-order valence-corrected chi connectivity index (χ0v) is 11.8. The minimum Gasteiger partial charge on any atom is -0.351 e. The summed E-state index contributed by atoms with van der Waals surface area (Å²) < 4.78 is 0. The highest BCUT2D eigenvalue weighted by Gasteiger charge is 2.40. The molecule has 2 saturated carbocycles. The van der Waals surface area contributed by atoms with Gasteiger partial charge in [0.05, 0.1) is 0 Å². The van der Waals surface area contributed by atoms with Crippen LogP contribution in [0.25, 0.3) is 0 Å². The third-order valence-corrected chi connectivity index (χ3v) is 4.50. The van der Waals surface area contributed by atoms with Crippen LogP contribution in [0, 0.1) is 11.8 Å². The molecule has 2 fully saturated rings. The molecule has 5 heteroatoms. The van der Waals surface area contributed by atoms with Crippen molar-refractivity contribution < 1.29 is 9.59 Å². The second kappa shape index (κ2) is 5.90. The largest absolute Gasteiger partial charge is 0.351 e. The Morgan fingerprint density at radius 1 is 1.21 bits per heavy atom. The number of rotatable bonds is 3. The predicted molar refractivity (Wildman–Crippen MR) is 73.2 cm³/mol. The molecule has 0 aromatic rings. The fourth-order valence-electron chi connectivity index (χ4n) is 3.68. The Labute approximate surface area is 114 Å². The molecule has 0 heterocycles. The van der Waals surface area contributed by atoms with Crippen molar-refractivity contribution in [2.75, 3.05) is 0 Å². The number of amides is 2. The molecule has 0 saturated heterocycles. The molecule has 19 heavy (non-hydrogen) atoms. The average Bonchev–Trinajstić information content (AvgIpc) is 2.29. The molecule has 3 atom stereocenters. The normalized spacial score (nSPS) is 35.3. The van der Waals surface area contributed by atoms with Crippen LogP contribution in [-0.2, 0) is 9.59 Å². The summed E-state index contributed by atoms with van der Waals surface area (Å²) in [6.07, 6.45) is 5.58. The molecular formula is C14H25N3O2. The summed E-state index contributed by atoms with van der Waals surface area (Å²) >= 11 is 0. The van der Waals surface area contributed by atoms with Crippen molar-refractivity contribution in [3.05, 3.63) is 0 Å². The average molecular weight is 267 g/mol. The van der Waals surface area contributed by atoms with Gasteiger partial charge in [-0.05, 0) is 44.4 Å². The summed E-state index contributed by atoms with van der Waals surface area (Å²) in [6, 6.07) is 0.0716. The minimum atomic E-state index is -0.464. The van der Waals surface area contributed by atoms with E-state index in [0.29, 0.717) is 11.8 Å². The Balaban J connectivity index is 1.94. The molecular weight excluding hydrogens is 242 g/mol. The van der Waals surface area contributed by atoms with Gasteiger partial charge in [0.2, 0.25) is 11.8 Å². The van der Waals surface area contributed by atoms with E-state index in [0.717, 1.165) is 25.7 Å². The summed E-state index contributed by atoms with van der Waals surface area (Å²) in [5, 5.41) is 5.77. The van der Waals surface area contributed by atoms with Gasteiger partial charge in [0.1, 0.15) is 6.04 Å². The number of nitrogens with two attached hydrogens (primary N) is 1. The lowest BCUT2D eigenvalue weighted by atomic mass is 9.67. The molecule has 0 aromatic carbocycles. The van der Waals surface area contributed by atoms with Crippen molar-refractivity contribution >= 4 is 11.8 Å². The summed E-state index contributed by atoms with van der Waals surface area (Å²) in [6.45, 7) is 3.15. The van der Waals surface area contributed by atoms with Crippen molar-refractivity contribution in [1.29, 1.82) is 0 Å². The lowest BCUT2D eigenvalue weighted by molar-refractivity contribution is -0.129. The number of hydrogen-bond donors (Lipinski definition) is 3. The van der Waals surface area contributed by atoms with Gasteiger partial charge < -0.3 is 16.4 Å². The molecule has 5 nitrogen and oxygen atoms in total. The number of fused-ring (bicyclic) bond motifs is 2. The van der Waals surface area contributed by atoms with Crippen LogP contribution in [0.4, 0.5) is 0 Å². The van der Waals surface area contributed by atoms with Crippen LogP contribution < -0.4 is 16.4 Å². The Morgan fingerprint density at radius 3 is 2.32 bits per heavy atom. The first-order valence-electron chi connectivity index (χ1n) is 7.30. The van der Waals surface area contributed by atoms with Crippen molar-refractivity contribution in [3.63, 3.8) is 0 Å². The van der Waals surface area contributed by atoms with Gasteiger partial charge in [-0.1, -0.05) is 6.42 Å². The molecule has 2 rings (SSSR count). The maximum absolute atomic E-state index is 12.1. The predicted octanol–water partition coefficient (Wildman–Crippen LogP) is 0.533. The molecule has 108 valence electrons. The monoisotopic (exact) mass is 267 g/mol. The van der Waals surface area contributed by atoms with E-state index in [9.17, 15) is 9.59 Å². The van der Waals surface area contributed by atoms with Crippen LogP contribution in [0.2, 0.25) is 0 Å². The van der Waals surface area contributed by atoms with Crippen LogP contribution in [0.5, 0.6) is 0 Å². The van der Waals surface area contributed by atoms with Gasteiger partial charge in [-0.15, -0.1) is 0 Å². The van der Waals surface area contributed by atoms with Crippen molar-refractivity contribution in [3.8, 4) is 0 Å². The van der Waals surface area contributed by atoms with E-state index >= 15 is 0 Å². The smallest absolute Gasteiger partial charge is 0.242 e. The molecule has 0 aromatic heterocycles. The number of hydrogen-bond acceptors (Lipinski definition) is 3. The zero-order valence-electron chi connectivity index (χ0n) is 11.8. The highest BCUT2D eigenvalue weighted by molar-refractivity contribution is 5.86. The molecule has 4 N–H and O–H groups in total. The van der Waals surface area contributed by atoms with Crippen LogP contribution in [0.1, 0.15) is 46.0 Å². The summed E-state index contributed by atoms with van der Waals surface area (Å²) in [5.74, 6) is 0.771. The van der Waals surface area contributed by atoms with Crippen molar-refractivity contribution in [2.24, 2.45) is 17.6 Å². The van der Waals surface area contributed by atoms with Gasteiger partial charge in [0.25, 0.3) is 0 Å². The van der Waals surface area contributed by atoms with E-state index in [1.807, 2.05) is 0 Å². The van der Waals surface area contributed by atoms with Crippen LogP contribution in [0.3, 0.4) is 0 Å². The minimum absolute atomic E-state index is 0.0763. The van der Waals surface area contributed by atoms with Crippen molar-refractivity contribution in [2.45, 2.75) is 64.1 Å². The summed E-state index contributed by atoms with van der Waals surface area (Å²) in [4.78, 5) is 23.1. The topological polar surface area (TPSA) is 84.2 Å². The van der Waals surface area contributed by atoms with Gasteiger partial charge in [-0.2, -0.15) is 0 Å². The number of carbonyl (C=O) groups is 2. The third kappa shape index (κ3) is 3.47. The Bertz CT molecular complexity index is 345. The molecule has 3 unspecified atom stereocenters. The quantitative estimate of drug-likeness (QED) is 0.697. The van der Waals surface area contributed by atoms with Crippen molar-refractivity contribution in [1.82, 2.24) is 10.6 Å². The highest BCUT2D eigenvalue weighted by Crippen LogP contribution is 2.39. The van der Waals surface area contributed by atoms with E-state index < -0.39 is 6.04 Å². The van der Waals surface area contributed by atoms with E-state index in [1.165, 1.54) is 13.3 Å². The molecule has 0 aliphatic heterocycles. The van der Waals surface area contributed by atoms with Gasteiger partial charge in [-0.3, -0.25) is 9.59 Å². The second-order valence-corrected chi connectivity index (χ2v) is 6.14. The Kier molecular flexibility index (Phi) is 4.45. The Morgan fingerprint density at radius 2 is 1.79 bits per heavy atom. The van der Waals surface area contributed by atoms with Gasteiger partial charge in [0, 0.05) is 19.0 Å². The highest BCUT2D eigenvalue weighted by atomic mass is 16.2. The first-order chi connectivity index (χ1) is 8.97. The molecule has 2 aliphatic rings. The van der Waals surface area contributed by atoms with Crippen LogP contribution >= 0.6 is 0 Å². The Hall–Kier alpha value is -1.10. The molecule has 0 radical (unpaired) electrons. The standard InChI is InChI=1S/C14H25N3O2/c1-8(16-9(2)18)14(19)17-13-10-4-3-5-11(13)7-12(15)6-10/h8,10-13H,3-7,15H2,1-2H3,(H,16,18)(H,17,19). The lowest BCUT2D eigenvalue weighted by Gasteiger charge is -2.45. The molecule has 0 spiro atoms. The third-order valence-electron chi connectivity index (χ3n) is 4.50. The van der Waals surface area contributed by atoms with E-state index in [2.05, 4.69) is 10.6 Å². The van der Waals surface area contributed by atoms with E-state index in [-0.39, 0.29) is 23.9 Å². The zero-order chi connectivity index (χ0) is 14.0. The fourth-order valence-corrected chi connectivity index (χ4v) is 3.68. The van der Waals surface area contributed by atoms with Gasteiger partial charge in [-0.25, -0.2) is 0 Å². The summed E-state index contributed by atoms with van der Waals surface area (Å²) in [7, 11) is 0. The van der Waals surface area contributed by atoms with E-state index in [1.54, 1.807) is 6.92 Å². The maximum Gasteiger partial charge on any atom is 0.242 e. The molecule has 2 aliphatic carbocycles. The fraction of sp³-hybridized carbons (Fsp3) is 0.857. The molecule has 2 amide bonds. The number of carbonyl (C=O) groups excluding carboxylic acids is 2. The molecule has 2 bridgehead atoms.